The van der Waals surface area contributed by atoms with Crippen molar-refractivity contribution in [3.63, 3.8) is 0 Å². The topological polar surface area (TPSA) is 47.3 Å². The third-order valence-electron chi connectivity index (χ3n) is 3.40. The SMILES string of the molecule is CCOc1ccc(C(N)C(CNC)C(C)C)cc1F. The molecule has 3 nitrogen and oxygen atoms in total. The lowest BCUT2D eigenvalue weighted by atomic mass is 9.85. The largest absolute Gasteiger partial charge is 0.491 e. The second-order valence-corrected chi connectivity index (χ2v) is 5.11. The number of nitrogens with two attached hydrogens (primary N) is 1. The number of benzene rings is 1. The minimum atomic E-state index is -0.346. The zero-order valence-electron chi connectivity index (χ0n) is 12.2. The smallest absolute Gasteiger partial charge is 0.165 e. The van der Waals surface area contributed by atoms with Crippen molar-refractivity contribution in [2.24, 2.45) is 17.6 Å². The third kappa shape index (κ3) is 4.18. The minimum absolute atomic E-state index is 0.183. The fraction of sp³-hybridized carbons (Fsp3) is 0.600. The Kier molecular flexibility index (Phi) is 6.25. The predicted molar refractivity (Wildman–Crippen MR) is 76.8 cm³/mol. The molecule has 2 unspecified atom stereocenters. The Bertz CT molecular complexity index is 396. The molecular weight excluding hydrogens is 243 g/mol. The molecule has 0 saturated carbocycles. The van der Waals surface area contributed by atoms with Gasteiger partial charge in [-0.15, -0.1) is 0 Å². The van der Waals surface area contributed by atoms with Gasteiger partial charge in [0.2, 0.25) is 0 Å². The minimum Gasteiger partial charge on any atom is -0.491 e. The summed E-state index contributed by atoms with van der Waals surface area (Å²) in [6.07, 6.45) is 0. The quantitative estimate of drug-likeness (QED) is 0.799. The summed E-state index contributed by atoms with van der Waals surface area (Å²) < 4.78 is 19.1. The monoisotopic (exact) mass is 268 g/mol. The lowest BCUT2D eigenvalue weighted by Gasteiger charge is -2.27. The fourth-order valence-electron chi connectivity index (χ4n) is 2.26. The summed E-state index contributed by atoms with van der Waals surface area (Å²) in [6, 6.07) is 4.81. The first-order valence-corrected chi connectivity index (χ1v) is 6.83. The Balaban J connectivity index is 2.92. The molecule has 0 heterocycles. The first-order chi connectivity index (χ1) is 9.01. The summed E-state index contributed by atoms with van der Waals surface area (Å²) in [5.74, 6) is 0.634. The molecule has 1 rings (SSSR count). The Labute approximate surface area is 115 Å². The van der Waals surface area contributed by atoms with Gasteiger partial charge in [-0.25, -0.2) is 4.39 Å². The van der Waals surface area contributed by atoms with Crippen molar-refractivity contribution in [1.29, 1.82) is 0 Å². The molecule has 4 heteroatoms. The number of hydrogen-bond donors (Lipinski definition) is 2. The van der Waals surface area contributed by atoms with Crippen molar-refractivity contribution in [2.75, 3.05) is 20.2 Å². The fourth-order valence-corrected chi connectivity index (χ4v) is 2.26. The van der Waals surface area contributed by atoms with E-state index in [1.54, 1.807) is 6.07 Å². The molecule has 0 fully saturated rings. The van der Waals surface area contributed by atoms with Crippen molar-refractivity contribution in [3.05, 3.63) is 29.6 Å². The van der Waals surface area contributed by atoms with Crippen LogP contribution in [0.2, 0.25) is 0 Å². The molecule has 2 atom stereocenters. The van der Waals surface area contributed by atoms with Gasteiger partial charge in [0, 0.05) is 6.04 Å². The molecule has 0 amide bonds. The summed E-state index contributed by atoms with van der Waals surface area (Å²) in [6.45, 7) is 7.37. The molecule has 0 bridgehead atoms. The van der Waals surface area contributed by atoms with Crippen LogP contribution in [0.5, 0.6) is 5.75 Å². The van der Waals surface area contributed by atoms with E-state index >= 15 is 0 Å². The molecule has 1 aromatic carbocycles. The van der Waals surface area contributed by atoms with Crippen LogP contribution in [0.1, 0.15) is 32.4 Å². The van der Waals surface area contributed by atoms with Gasteiger partial charge in [0.25, 0.3) is 0 Å². The molecule has 0 spiro atoms. The van der Waals surface area contributed by atoms with E-state index in [-0.39, 0.29) is 23.5 Å². The molecule has 0 aromatic heterocycles. The highest BCUT2D eigenvalue weighted by Gasteiger charge is 2.23. The molecule has 0 aliphatic rings. The number of rotatable bonds is 7. The highest BCUT2D eigenvalue weighted by molar-refractivity contribution is 5.31. The normalized spacial score (nSPS) is 14.5. The van der Waals surface area contributed by atoms with Gasteiger partial charge in [-0.3, -0.25) is 0 Å². The van der Waals surface area contributed by atoms with E-state index < -0.39 is 0 Å². The Hall–Kier alpha value is -1.13. The van der Waals surface area contributed by atoms with Crippen LogP contribution in [0.4, 0.5) is 4.39 Å². The van der Waals surface area contributed by atoms with Crippen LogP contribution in [-0.4, -0.2) is 20.2 Å². The van der Waals surface area contributed by atoms with Crippen molar-refractivity contribution in [3.8, 4) is 5.75 Å². The predicted octanol–water partition coefficient (Wildman–Crippen LogP) is 2.72. The first kappa shape index (κ1) is 15.9. The summed E-state index contributed by atoms with van der Waals surface area (Å²) in [4.78, 5) is 0. The van der Waals surface area contributed by atoms with Crippen molar-refractivity contribution in [2.45, 2.75) is 26.8 Å². The van der Waals surface area contributed by atoms with Crippen LogP contribution in [0.3, 0.4) is 0 Å². The van der Waals surface area contributed by atoms with Gasteiger partial charge in [0.1, 0.15) is 0 Å². The van der Waals surface area contributed by atoms with E-state index in [0.717, 1.165) is 12.1 Å². The van der Waals surface area contributed by atoms with Crippen molar-refractivity contribution in [1.82, 2.24) is 5.32 Å². The van der Waals surface area contributed by atoms with Crippen LogP contribution >= 0.6 is 0 Å². The second-order valence-electron chi connectivity index (χ2n) is 5.11. The number of hydrogen-bond acceptors (Lipinski definition) is 3. The second kappa shape index (κ2) is 7.46. The van der Waals surface area contributed by atoms with Gasteiger partial charge in [-0.05, 0) is 50.0 Å². The summed E-state index contributed by atoms with van der Waals surface area (Å²) in [5.41, 5.74) is 7.09. The maximum absolute atomic E-state index is 13.9. The zero-order chi connectivity index (χ0) is 14.4. The Morgan fingerprint density at radius 1 is 1.37 bits per heavy atom. The number of nitrogens with one attached hydrogen (secondary N) is 1. The number of ether oxygens (including phenoxy) is 1. The highest BCUT2D eigenvalue weighted by atomic mass is 19.1. The first-order valence-electron chi connectivity index (χ1n) is 6.83. The van der Waals surface area contributed by atoms with E-state index in [4.69, 9.17) is 10.5 Å². The van der Waals surface area contributed by atoms with Crippen LogP contribution in [-0.2, 0) is 0 Å². The van der Waals surface area contributed by atoms with Crippen LogP contribution in [0, 0.1) is 17.7 Å². The molecule has 0 radical (unpaired) electrons. The van der Waals surface area contributed by atoms with Gasteiger partial charge in [-0.2, -0.15) is 0 Å². The van der Waals surface area contributed by atoms with E-state index in [9.17, 15) is 4.39 Å². The standard InChI is InChI=1S/C15H25FN2O/c1-5-19-14-7-6-11(8-13(14)16)15(17)12(9-18-4)10(2)3/h6-8,10,12,15,18H,5,9,17H2,1-4H3. The summed E-state index contributed by atoms with van der Waals surface area (Å²) in [5, 5.41) is 3.15. The molecule has 108 valence electrons. The van der Waals surface area contributed by atoms with Gasteiger partial charge in [0.15, 0.2) is 11.6 Å². The molecule has 3 N–H and O–H groups in total. The zero-order valence-corrected chi connectivity index (χ0v) is 12.2. The molecule has 0 aliphatic carbocycles. The number of halogens is 1. The molecular formula is C15H25FN2O. The average Bonchev–Trinajstić information content (AvgIpc) is 2.37. The maximum atomic E-state index is 13.9. The van der Waals surface area contributed by atoms with E-state index in [1.807, 2.05) is 20.0 Å². The molecule has 0 aliphatic heterocycles. The van der Waals surface area contributed by atoms with Gasteiger partial charge in [-0.1, -0.05) is 19.9 Å². The van der Waals surface area contributed by atoms with E-state index in [0.29, 0.717) is 12.5 Å². The molecule has 19 heavy (non-hydrogen) atoms. The van der Waals surface area contributed by atoms with E-state index in [1.165, 1.54) is 6.07 Å². The van der Waals surface area contributed by atoms with Crippen molar-refractivity contribution >= 4 is 0 Å². The van der Waals surface area contributed by atoms with Crippen LogP contribution in [0.15, 0.2) is 18.2 Å². The average molecular weight is 268 g/mol. The highest BCUT2D eigenvalue weighted by Crippen LogP contribution is 2.28. The van der Waals surface area contributed by atoms with Gasteiger partial charge in [0.05, 0.1) is 6.61 Å². The lowest BCUT2D eigenvalue weighted by Crippen LogP contribution is -2.33. The Morgan fingerprint density at radius 3 is 2.53 bits per heavy atom. The lowest BCUT2D eigenvalue weighted by molar-refractivity contribution is 0.309. The molecule has 1 aromatic rings. The van der Waals surface area contributed by atoms with Crippen LogP contribution in [0.25, 0.3) is 0 Å². The van der Waals surface area contributed by atoms with Crippen molar-refractivity contribution < 1.29 is 9.13 Å². The molecule has 0 saturated heterocycles. The van der Waals surface area contributed by atoms with E-state index in [2.05, 4.69) is 19.2 Å². The maximum Gasteiger partial charge on any atom is 0.165 e. The van der Waals surface area contributed by atoms with Crippen LogP contribution < -0.4 is 15.8 Å². The summed E-state index contributed by atoms with van der Waals surface area (Å²) >= 11 is 0. The van der Waals surface area contributed by atoms with Gasteiger partial charge < -0.3 is 15.8 Å². The third-order valence-corrected chi connectivity index (χ3v) is 3.40. The van der Waals surface area contributed by atoms with Gasteiger partial charge >= 0.3 is 0 Å². The summed E-state index contributed by atoms with van der Waals surface area (Å²) in [7, 11) is 1.90. The Morgan fingerprint density at radius 2 is 2.05 bits per heavy atom.